The Hall–Kier alpha value is -0.320. The molecule has 0 aliphatic carbocycles. The molecule has 1 aliphatic heterocycles. The molecule has 2 N–H and O–H groups in total. The number of carbonyl (C=O) groups is 1. The molecule has 96 valence electrons. The fourth-order valence-electron chi connectivity index (χ4n) is 1.75. The van der Waals surface area contributed by atoms with Crippen molar-refractivity contribution in [2.75, 3.05) is 13.1 Å². The van der Waals surface area contributed by atoms with Crippen molar-refractivity contribution in [3.63, 3.8) is 0 Å². The standard InChI is InChI=1S/C11H21NO3.ClH/c1-10(2,3)15-9(13)7-11(14)5-4-6-12-8-11;/h12,14H,4-8H2,1-3H3;1H. The number of carbonyl (C=O) groups excluding carboxylic acids is 1. The molecule has 0 bridgehead atoms. The van der Waals surface area contributed by atoms with Gasteiger partial charge < -0.3 is 15.2 Å². The van der Waals surface area contributed by atoms with Crippen LogP contribution < -0.4 is 5.32 Å². The van der Waals surface area contributed by atoms with E-state index in [0.717, 1.165) is 13.0 Å². The summed E-state index contributed by atoms with van der Waals surface area (Å²) in [6.45, 7) is 6.87. The van der Waals surface area contributed by atoms with Crippen LogP contribution in [0.25, 0.3) is 0 Å². The number of hydrogen-bond donors (Lipinski definition) is 2. The van der Waals surface area contributed by atoms with Crippen LogP contribution in [0, 0.1) is 0 Å². The molecule has 16 heavy (non-hydrogen) atoms. The van der Waals surface area contributed by atoms with E-state index in [1.807, 2.05) is 20.8 Å². The van der Waals surface area contributed by atoms with Crippen LogP contribution in [0.15, 0.2) is 0 Å². The number of β-amino-alcohol motifs (C(OH)–C–C–N with tert-alkyl or cyclic N) is 1. The number of esters is 1. The first-order chi connectivity index (χ1) is 6.81. The van der Waals surface area contributed by atoms with Crippen LogP contribution in [0.5, 0.6) is 0 Å². The molecular formula is C11H22ClNO3. The van der Waals surface area contributed by atoms with Crippen molar-refractivity contribution in [1.29, 1.82) is 0 Å². The lowest BCUT2D eigenvalue weighted by Crippen LogP contribution is -2.47. The van der Waals surface area contributed by atoms with E-state index in [1.165, 1.54) is 0 Å². The second kappa shape index (κ2) is 5.84. The zero-order valence-electron chi connectivity index (χ0n) is 10.2. The highest BCUT2D eigenvalue weighted by atomic mass is 35.5. The van der Waals surface area contributed by atoms with Crippen molar-refractivity contribution >= 4 is 18.4 Å². The summed E-state index contributed by atoms with van der Waals surface area (Å²) in [4.78, 5) is 11.5. The molecule has 1 heterocycles. The average molecular weight is 252 g/mol. The number of nitrogens with one attached hydrogen (secondary N) is 1. The number of piperidine rings is 1. The minimum absolute atomic E-state index is 0. The summed E-state index contributed by atoms with van der Waals surface area (Å²) in [5.41, 5.74) is -1.39. The lowest BCUT2D eigenvalue weighted by Gasteiger charge is -2.32. The van der Waals surface area contributed by atoms with Gasteiger partial charge in [0, 0.05) is 6.54 Å². The highest BCUT2D eigenvalue weighted by molar-refractivity contribution is 5.85. The number of aliphatic hydroxyl groups is 1. The van der Waals surface area contributed by atoms with E-state index in [0.29, 0.717) is 13.0 Å². The predicted octanol–water partition coefficient (Wildman–Crippen LogP) is 1.25. The van der Waals surface area contributed by atoms with Crippen LogP contribution in [0.3, 0.4) is 0 Å². The second-order valence-electron chi connectivity index (χ2n) is 5.27. The minimum atomic E-state index is -0.916. The summed E-state index contributed by atoms with van der Waals surface area (Å²) in [5, 5.41) is 13.2. The Morgan fingerprint density at radius 2 is 2.12 bits per heavy atom. The van der Waals surface area contributed by atoms with Gasteiger partial charge in [-0.2, -0.15) is 0 Å². The largest absolute Gasteiger partial charge is 0.460 e. The van der Waals surface area contributed by atoms with Gasteiger partial charge in [-0.1, -0.05) is 0 Å². The molecule has 1 saturated heterocycles. The summed E-state index contributed by atoms with van der Waals surface area (Å²) >= 11 is 0. The van der Waals surface area contributed by atoms with Gasteiger partial charge in [0.2, 0.25) is 0 Å². The van der Waals surface area contributed by atoms with Gasteiger partial charge in [0.25, 0.3) is 0 Å². The Kier molecular flexibility index (Phi) is 5.73. The van der Waals surface area contributed by atoms with Gasteiger partial charge in [-0.3, -0.25) is 4.79 Å². The van der Waals surface area contributed by atoms with Crippen molar-refractivity contribution in [3.8, 4) is 0 Å². The van der Waals surface area contributed by atoms with Gasteiger partial charge in [-0.05, 0) is 40.2 Å². The third-order valence-corrected chi connectivity index (χ3v) is 2.34. The minimum Gasteiger partial charge on any atom is -0.460 e. The number of hydrogen-bond acceptors (Lipinski definition) is 4. The Bertz CT molecular complexity index is 232. The number of rotatable bonds is 2. The zero-order chi connectivity index (χ0) is 11.5. The average Bonchev–Trinajstić information content (AvgIpc) is 1.99. The summed E-state index contributed by atoms with van der Waals surface area (Å²) in [6, 6.07) is 0. The molecule has 0 spiro atoms. The molecule has 1 fully saturated rings. The van der Waals surface area contributed by atoms with E-state index in [9.17, 15) is 9.90 Å². The molecule has 0 radical (unpaired) electrons. The molecular weight excluding hydrogens is 230 g/mol. The maximum absolute atomic E-state index is 11.5. The number of ether oxygens (including phenoxy) is 1. The highest BCUT2D eigenvalue weighted by Crippen LogP contribution is 2.21. The smallest absolute Gasteiger partial charge is 0.309 e. The molecule has 1 unspecified atom stereocenters. The van der Waals surface area contributed by atoms with E-state index in [2.05, 4.69) is 5.32 Å². The summed E-state index contributed by atoms with van der Waals surface area (Å²) in [6.07, 6.45) is 1.65. The Balaban J connectivity index is 0.00000225. The normalized spacial score (nSPS) is 25.8. The van der Waals surface area contributed by atoms with Gasteiger partial charge in [0.15, 0.2) is 0 Å². The van der Waals surface area contributed by atoms with Gasteiger partial charge in [-0.25, -0.2) is 0 Å². The van der Waals surface area contributed by atoms with Gasteiger partial charge in [-0.15, -0.1) is 12.4 Å². The Morgan fingerprint density at radius 1 is 1.50 bits per heavy atom. The van der Waals surface area contributed by atoms with Crippen LogP contribution in [0.1, 0.15) is 40.0 Å². The lowest BCUT2D eigenvalue weighted by molar-refractivity contribution is -0.161. The first-order valence-electron chi connectivity index (χ1n) is 5.46. The van der Waals surface area contributed by atoms with Crippen molar-refractivity contribution in [2.45, 2.75) is 51.2 Å². The molecule has 4 nitrogen and oxygen atoms in total. The Morgan fingerprint density at radius 3 is 2.56 bits per heavy atom. The molecule has 0 amide bonds. The number of halogens is 1. The van der Waals surface area contributed by atoms with E-state index in [-0.39, 0.29) is 24.8 Å². The quantitative estimate of drug-likeness (QED) is 0.726. The second-order valence-corrected chi connectivity index (χ2v) is 5.27. The van der Waals surface area contributed by atoms with Crippen LogP contribution >= 0.6 is 12.4 Å². The fourth-order valence-corrected chi connectivity index (χ4v) is 1.75. The molecule has 1 rings (SSSR count). The van der Waals surface area contributed by atoms with Gasteiger partial charge >= 0.3 is 5.97 Å². The first kappa shape index (κ1) is 15.7. The topological polar surface area (TPSA) is 58.6 Å². The maximum Gasteiger partial charge on any atom is 0.309 e. The molecule has 5 heteroatoms. The van der Waals surface area contributed by atoms with Crippen molar-refractivity contribution in [3.05, 3.63) is 0 Å². The van der Waals surface area contributed by atoms with E-state index >= 15 is 0 Å². The highest BCUT2D eigenvalue weighted by Gasteiger charge is 2.33. The van der Waals surface area contributed by atoms with Crippen LogP contribution in [-0.2, 0) is 9.53 Å². The summed E-state index contributed by atoms with van der Waals surface area (Å²) in [5.74, 6) is -0.325. The zero-order valence-corrected chi connectivity index (χ0v) is 11.0. The molecule has 1 aliphatic rings. The van der Waals surface area contributed by atoms with Crippen LogP contribution in [0.4, 0.5) is 0 Å². The van der Waals surface area contributed by atoms with Crippen molar-refractivity contribution in [2.24, 2.45) is 0 Å². The summed E-state index contributed by atoms with van der Waals surface area (Å²) < 4.78 is 5.18. The monoisotopic (exact) mass is 251 g/mol. The van der Waals surface area contributed by atoms with Crippen molar-refractivity contribution in [1.82, 2.24) is 5.32 Å². The first-order valence-corrected chi connectivity index (χ1v) is 5.46. The van der Waals surface area contributed by atoms with Crippen LogP contribution in [-0.4, -0.2) is 35.4 Å². The molecule has 0 aromatic carbocycles. The van der Waals surface area contributed by atoms with Gasteiger partial charge in [0.05, 0.1) is 12.0 Å². The van der Waals surface area contributed by atoms with Gasteiger partial charge in [0.1, 0.15) is 5.60 Å². The molecule has 0 aromatic rings. The molecule has 0 saturated carbocycles. The third kappa shape index (κ3) is 5.68. The molecule has 1 atom stereocenters. The van der Waals surface area contributed by atoms with E-state index in [4.69, 9.17) is 4.74 Å². The lowest BCUT2D eigenvalue weighted by atomic mass is 9.91. The summed E-state index contributed by atoms with van der Waals surface area (Å²) in [7, 11) is 0. The predicted molar refractivity (Wildman–Crippen MR) is 64.8 cm³/mol. The fraction of sp³-hybridized carbons (Fsp3) is 0.909. The maximum atomic E-state index is 11.5. The third-order valence-electron chi connectivity index (χ3n) is 2.34. The van der Waals surface area contributed by atoms with E-state index in [1.54, 1.807) is 0 Å². The SMILES string of the molecule is CC(C)(C)OC(=O)CC1(O)CCCNC1.Cl. The Labute approximate surface area is 103 Å². The van der Waals surface area contributed by atoms with E-state index < -0.39 is 11.2 Å². The van der Waals surface area contributed by atoms with Crippen molar-refractivity contribution < 1.29 is 14.6 Å². The molecule has 0 aromatic heterocycles. The van der Waals surface area contributed by atoms with Crippen LogP contribution in [0.2, 0.25) is 0 Å².